The van der Waals surface area contributed by atoms with E-state index in [0.29, 0.717) is 19.1 Å². The van der Waals surface area contributed by atoms with Crippen LogP contribution in [0.3, 0.4) is 0 Å². The summed E-state index contributed by atoms with van der Waals surface area (Å²) in [4.78, 5) is 12.0. The molecule has 0 aliphatic heterocycles. The predicted molar refractivity (Wildman–Crippen MR) is 74.5 cm³/mol. The summed E-state index contributed by atoms with van der Waals surface area (Å²) in [6.45, 7) is 5.03. The largest absolute Gasteiger partial charge is 0.464 e. The number of hydrogen-bond donors (Lipinski definition) is 1. The Morgan fingerprint density at radius 1 is 1.21 bits per heavy atom. The van der Waals surface area contributed by atoms with Gasteiger partial charge in [0.05, 0.1) is 6.61 Å². The van der Waals surface area contributed by atoms with E-state index in [1.165, 1.54) is 11.1 Å². The van der Waals surface area contributed by atoms with E-state index in [-0.39, 0.29) is 11.3 Å². The van der Waals surface area contributed by atoms with Gasteiger partial charge >= 0.3 is 6.01 Å². The third-order valence-electron chi connectivity index (χ3n) is 2.56. The van der Waals surface area contributed by atoms with Gasteiger partial charge in [0.1, 0.15) is 0 Å². The lowest BCUT2D eigenvalue weighted by Gasteiger charge is -2.08. The number of rotatable bonds is 5. The number of benzene rings is 1. The monoisotopic (exact) mass is 278 g/mol. The number of anilines is 1. The number of aryl methyl sites for hydroxylation is 1. The maximum absolute atomic E-state index is 5.82. The van der Waals surface area contributed by atoms with Gasteiger partial charge in [0.2, 0.25) is 11.2 Å². The molecular formula is C13H15ClN4O. The first kappa shape index (κ1) is 13.5. The molecule has 2 rings (SSSR count). The number of aromatic nitrogens is 3. The first-order chi connectivity index (χ1) is 9.19. The van der Waals surface area contributed by atoms with Crippen molar-refractivity contribution in [3.8, 4) is 6.01 Å². The van der Waals surface area contributed by atoms with Crippen LogP contribution in [0, 0.1) is 6.92 Å². The standard InChI is InChI=1S/C13H15ClN4O/c1-3-19-13-17-11(14)16-12(18-13)15-8-10-7-5-4-6-9(10)2/h4-7H,3,8H2,1-2H3,(H,15,16,17,18). The van der Waals surface area contributed by atoms with Crippen LogP contribution in [0.5, 0.6) is 6.01 Å². The summed E-state index contributed by atoms with van der Waals surface area (Å²) in [6.07, 6.45) is 0. The molecule has 0 radical (unpaired) electrons. The minimum absolute atomic E-state index is 0.116. The van der Waals surface area contributed by atoms with Crippen molar-refractivity contribution in [2.24, 2.45) is 0 Å². The van der Waals surface area contributed by atoms with Crippen molar-refractivity contribution in [2.75, 3.05) is 11.9 Å². The zero-order chi connectivity index (χ0) is 13.7. The summed E-state index contributed by atoms with van der Waals surface area (Å²) >= 11 is 5.82. The Hall–Kier alpha value is -1.88. The highest BCUT2D eigenvalue weighted by molar-refractivity contribution is 6.28. The maximum Gasteiger partial charge on any atom is 0.322 e. The second-order valence-corrected chi connectivity index (χ2v) is 4.26. The van der Waals surface area contributed by atoms with Crippen molar-refractivity contribution in [2.45, 2.75) is 20.4 Å². The van der Waals surface area contributed by atoms with Gasteiger partial charge < -0.3 is 10.1 Å². The van der Waals surface area contributed by atoms with Crippen molar-refractivity contribution in [1.82, 2.24) is 15.0 Å². The highest BCUT2D eigenvalue weighted by Gasteiger charge is 2.06. The third kappa shape index (κ3) is 3.79. The Balaban J connectivity index is 2.09. The van der Waals surface area contributed by atoms with E-state index in [2.05, 4.69) is 39.3 Å². The number of halogens is 1. The van der Waals surface area contributed by atoms with Gasteiger partial charge in [-0.3, -0.25) is 0 Å². The van der Waals surface area contributed by atoms with Crippen LogP contribution in [0.4, 0.5) is 5.95 Å². The van der Waals surface area contributed by atoms with Gasteiger partial charge in [-0.2, -0.15) is 15.0 Å². The van der Waals surface area contributed by atoms with E-state index < -0.39 is 0 Å². The smallest absolute Gasteiger partial charge is 0.322 e. The second kappa shape index (κ2) is 6.33. The van der Waals surface area contributed by atoms with Crippen molar-refractivity contribution in [1.29, 1.82) is 0 Å². The highest BCUT2D eigenvalue weighted by atomic mass is 35.5. The zero-order valence-corrected chi connectivity index (χ0v) is 11.6. The molecule has 0 fully saturated rings. The third-order valence-corrected chi connectivity index (χ3v) is 2.73. The van der Waals surface area contributed by atoms with Crippen molar-refractivity contribution < 1.29 is 4.74 Å². The van der Waals surface area contributed by atoms with Crippen LogP contribution in [0.15, 0.2) is 24.3 Å². The van der Waals surface area contributed by atoms with Gasteiger partial charge in [-0.05, 0) is 36.6 Å². The van der Waals surface area contributed by atoms with Gasteiger partial charge in [-0.15, -0.1) is 0 Å². The quantitative estimate of drug-likeness (QED) is 0.911. The van der Waals surface area contributed by atoms with E-state index >= 15 is 0 Å². The maximum atomic E-state index is 5.82. The first-order valence-corrected chi connectivity index (χ1v) is 6.39. The fraction of sp³-hybridized carbons (Fsp3) is 0.308. The van der Waals surface area contributed by atoms with Crippen LogP contribution in [0.2, 0.25) is 5.28 Å². The summed E-state index contributed by atoms with van der Waals surface area (Å²) in [5.41, 5.74) is 2.39. The highest BCUT2D eigenvalue weighted by Crippen LogP contribution is 2.13. The van der Waals surface area contributed by atoms with Crippen molar-refractivity contribution in [3.05, 3.63) is 40.7 Å². The van der Waals surface area contributed by atoms with E-state index in [4.69, 9.17) is 16.3 Å². The molecule has 1 aromatic carbocycles. The van der Waals surface area contributed by atoms with Gasteiger partial charge in [0.25, 0.3) is 0 Å². The van der Waals surface area contributed by atoms with Crippen LogP contribution in [0.25, 0.3) is 0 Å². The van der Waals surface area contributed by atoms with Crippen LogP contribution in [-0.2, 0) is 6.54 Å². The Morgan fingerprint density at radius 2 is 2.00 bits per heavy atom. The van der Waals surface area contributed by atoms with Gasteiger partial charge in [-0.1, -0.05) is 24.3 Å². The van der Waals surface area contributed by atoms with Gasteiger partial charge in [0, 0.05) is 6.54 Å². The Bertz CT molecular complexity index is 562. The van der Waals surface area contributed by atoms with Crippen LogP contribution >= 0.6 is 11.6 Å². The normalized spacial score (nSPS) is 10.3. The fourth-order valence-corrected chi connectivity index (χ4v) is 1.74. The average Bonchev–Trinajstić information content (AvgIpc) is 2.37. The SMILES string of the molecule is CCOc1nc(Cl)nc(NCc2ccccc2C)n1. The molecule has 6 heteroatoms. The molecular weight excluding hydrogens is 264 g/mol. The van der Waals surface area contributed by atoms with E-state index in [9.17, 15) is 0 Å². The lowest BCUT2D eigenvalue weighted by Crippen LogP contribution is -2.07. The van der Waals surface area contributed by atoms with Crippen molar-refractivity contribution in [3.63, 3.8) is 0 Å². The van der Waals surface area contributed by atoms with Gasteiger partial charge in [-0.25, -0.2) is 0 Å². The molecule has 1 heterocycles. The summed E-state index contributed by atoms with van der Waals surface area (Å²) in [5.74, 6) is 0.409. The minimum Gasteiger partial charge on any atom is -0.464 e. The molecule has 0 unspecified atom stereocenters. The van der Waals surface area contributed by atoms with E-state index in [0.717, 1.165) is 0 Å². The molecule has 0 aliphatic carbocycles. The summed E-state index contributed by atoms with van der Waals surface area (Å²) in [7, 11) is 0. The molecule has 100 valence electrons. The Labute approximate surface area is 117 Å². The summed E-state index contributed by atoms with van der Waals surface area (Å²) < 4.78 is 5.22. The molecule has 0 saturated carbocycles. The molecule has 0 saturated heterocycles. The molecule has 0 bridgehead atoms. The molecule has 0 atom stereocenters. The Morgan fingerprint density at radius 3 is 2.74 bits per heavy atom. The van der Waals surface area contributed by atoms with Crippen LogP contribution in [-0.4, -0.2) is 21.6 Å². The molecule has 2 aromatic rings. The molecule has 1 aromatic heterocycles. The molecule has 5 nitrogen and oxygen atoms in total. The number of hydrogen-bond acceptors (Lipinski definition) is 5. The summed E-state index contributed by atoms with van der Waals surface area (Å²) in [6, 6.07) is 8.34. The summed E-state index contributed by atoms with van der Waals surface area (Å²) in [5, 5.41) is 3.23. The minimum atomic E-state index is 0.116. The fourth-order valence-electron chi connectivity index (χ4n) is 1.59. The van der Waals surface area contributed by atoms with E-state index in [1.807, 2.05) is 19.1 Å². The average molecular weight is 279 g/mol. The Kier molecular flexibility index (Phi) is 4.52. The topological polar surface area (TPSA) is 59.9 Å². The van der Waals surface area contributed by atoms with Crippen LogP contribution < -0.4 is 10.1 Å². The van der Waals surface area contributed by atoms with Crippen molar-refractivity contribution >= 4 is 17.5 Å². The lowest BCUT2D eigenvalue weighted by molar-refractivity contribution is 0.312. The van der Waals surface area contributed by atoms with Gasteiger partial charge in [0.15, 0.2) is 0 Å². The number of ether oxygens (including phenoxy) is 1. The lowest BCUT2D eigenvalue weighted by atomic mass is 10.1. The van der Waals surface area contributed by atoms with Crippen LogP contribution in [0.1, 0.15) is 18.1 Å². The molecule has 19 heavy (non-hydrogen) atoms. The predicted octanol–water partition coefficient (Wildman–Crippen LogP) is 2.84. The second-order valence-electron chi connectivity index (χ2n) is 3.92. The zero-order valence-electron chi connectivity index (χ0n) is 10.9. The molecule has 1 N–H and O–H groups in total. The molecule has 0 amide bonds. The molecule has 0 aliphatic rings. The van der Waals surface area contributed by atoms with E-state index in [1.54, 1.807) is 0 Å². The number of nitrogens with zero attached hydrogens (tertiary/aromatic N) is 3. The number of nitrogens with one attached hydrogen (secondary N) is 1. The molecule has 0 spiro atoms. The first-order valence-electron chi connectivity index (χ1n) is 6.01.